The van der Waals surface area contributed by atoms with E-state index in [0.29, 0.717) is 0 Å². The number of nitrogens with one attached hydrogen (secondary N) is 2. The van der Waals surface area contributed by atoms with Crippen molar-refractivity contribution in [3.8, 4) is 0 Å². The minimum atomic E-state index is 0.926. The highest BCUT2D eigenvalue weighted by atomic mass is 15.3. The maximum absolute atomic E-state index is 3.10. The molecule has 0 atom stereocenters. The smallest absolute Gasteiger partial charge is 0.0487 e. The molecule has 1 rings (SSSR count). The first-order chi connectivity index (χ1) is 5.86. The molecule has 0 spiro atoms. The third kappa shape index (κ3) is 2.55. The highest BCUT2D eigenvalue weighted by Gasteiger charge is 1.89. The average Bonchev–Trinajstić information content (AvgIpc) is 2.15. The van der Waals surface area contributed by atoms with Gasteiger partial charge in [-0.05, 0) is 24.1 Å². The molecular weight excluding hydrogens is 148 g/mol. The molecule has 0 fully saturated rings. The predicted molar refractivity (Wildman–Crippen MR) is 53.1 cm³/mol. The molecule has 66 valence electrons. The molecule has 0 amide bonds. The van der Waals surface area contributed by atoms with Gasteiger partial charge in [0.25, 0.3) is 0 Å². The summed E-state index contributed by atoms with van der Waals surface area (Å²) in [6.07, 6.45) is 1.10. The number of hydrazine groups is 1. The second-order valence-corrected chi connectivity index (χ2v) is 2.71. The summed E-state index contributed by atoms with van der Waals surface area (Å²) in [7, 11) is 0. The first-order valence-electron chi connectivity index (χ1n) is 4.44. The van der Waals surface area contributed by atoms with Crippen molar-refractivity contribution in [3.63, 3.8) is 0 Å². The minimum absolute atomic E-state index is 0.926. The van der Waals surface area contributed by atoms with Gasteiger partial charge in [0.2, 0.25) is 0 Å². The summed E-state index contributed by atoms with van der Waals surface area (Å²) in [5.74, 6) is 0. The van der Waals surface area contributed by atoms with Crippen molar-refractivity contribution in [1.29, 1.82) is 0 Å². The second kappa shape index (κ2) is 4.78. The molecule has 0 aromatic heterocycles. The Balaban J connectivity index is 2.53. The van der Waals surface area contributed by atoms with Crippen LogP contribution in [-0.4, -0.2) is 6.54 Å². The van der Waals surface area contributed by atoms with E-state index in [4.69, 9.17) is 0 Å². The van der Waals surface area contributed by atoms with Crippen molar-refractivity contribution in [3.05, 3.63) is 29.8 Å². The Morgan fingerprint density at radius 3 is 2.25 bits per heavy atom. The molecule has 0 aliphatic heterocycles. The second-order valence-electron chi connectivity index (χ2n) is 2.71. The standard InChI is InChI=1S/C10H16N2/c1-3-9-5-7-10(8-6-9)12-11-4-2/h5-8,11-12H,3-4H2,1-2H3. The highest BCUT2D eigenvalue weighted by molar-refractivity contribution is 5.43. The Hall–Kier alpha value is -1.02. The maximum Gasteiger partial charge on any atom is 0.0487 e. The van der Waals surface area contributed by atoms with Crippen molar-refractivity contribution in [2.45, 2.75) is 20.3 Å². The molecular formula is C10H16N2. The van der Waals surface area contributed by atoms with Gasteiger partial charge in [-0.15, -0.1) is 0 Å². The average molecular weight is 164 g/mol. The Bertz CT molecular complexity index is 216. The largest absolute Gasteiger partial charge is 0.322 e. The Morgan fingerprint density at radius 2 is 1.75 bits per heavy atom. The van der Waals surface area contributed by atoms with E-state index in [1.54, 1.807) is 0 Å². The van der Waals surface area contributed by atoms with E-state index in [1.165, 1.54) is 5.56 Å². The normalized spacial score (nSPS) is 9.83. The van der Waals surface area contributed by atoms with Crippen LogP contribution in [0.5, 0.6) is 0 Å². The number of hydrogen-bond acceptors (Lipinski definition) is 2. The lowest BCUT2D eigenvalue weighted by atomic mass is 10.2. The van der Waals surface area contributed by atoms with Crippen molar-refractivity contribution in [2.24, 2.45) is 0 Å². The highest BCUT2D eigenvalue weighted by Crippen LogP contribution is 2.08. The summed E-state index contributed by atoms with van der Waals surface area (Å²) in [6.45, 7) is 5.15. The molecule has 0 aliphatic rings. The van der Waals surface area contributed by atoms with Gasteiger partial charge in [0.05, 0.1) is 0 Å². The van der Waals surface area contributed by atoms with E-state index >= 15 is 0 Å². The van der Waals surface area contributed by atoms with Gasteiger partial charge in [-0.1, -0.05) is 26.0 Å². The number of hydrogen-bond donors (Lipinski definition) is 2. The van der Waals surface area contributed by atoms with Crippen LogP contribution in [0.15, 0.2) is 24.3 Å². The fraction of sp³-hybridized carbons (Fsp3) is 0.400. The van der Waals surface area contributed by atoms with Crippen molar-refractivity contribution in [1.82, 2.24) is 5.43 Å². The monoisotopic (exact) mass is 164 g/mol. The topological polar surface area (TPSA) is 24.1 Å². The summed E-state index contributed by atoms with van der Waals surface area (Å²) in [5.41, 5.74) is 8.64. The maximum atomic E-state index is 3.10. The van der Waals surface area contributed by atoms with Crippen LogP contribution in [-0.2, 0) is 6.42 Å². The first-order valence-corrected chi connectivity index (χ1v) is 4.44. The van der Waals surface area contributed by atoms with Crippen molar-refractivity contribution < 1.29 is 0 Å². The number of rotatable bonds is 4. The molecule has 2 nitrogen and oxygen atoms in total. The lowest BCUT2D eigenvalue weighted by Crippen LogP contribution is -2.20. The number of anilines is 1. The van der Waals surface area contributed by atoms with E-state index in [9.17, 15) is 0 Å². The van der Waals surface area contributed by atoms with Crippen LogP contribution in [0, 0.1) is 0 Å². The fourth-order valence-electron chi connectivity index (χ4n) is 1.01. The molecule has 0 heterocycles. The Labute approximate surface area is 74.0 Å². The van der Waals surface area contributed by atoms with Gasteiger partial charge in [-0.3, -0.25) is 0 Å². The molecule has 0 aliphatic carbocycles. The Morgan fingerprint density at radius 1 is 1.08 bits per heavy atom. The van der Waals surface area contributed by atoms with Gasteiger partial charge in [-0.2, -0.15) is 0 Å². The lowest BCUT2D eigenvalue weighted by molar-refractivity contribution is 0.844. The molecule has 0 saturated carbocycles. The van der Waals surface area contributed by atoms with Crippen LogP contribution in [0.3, 0.4) is 0 Å². The lowest BCUT2D eigenvalue weighted by Gasteiger charge is -2.06. The van der Waals surface area contributed by atoms with Crippen LogP contribution in [0.4, 0.5) is 5.69 Å². The quantitative estimate of drug-likeness (QED) is 0.666. The van der Waals surface area contributed by atoms with Gasteiger partial charge >= 0.3 is 0 Å². The zero-order chi connectivity index (χ0) is 8.81. The van der Waals surface area contributed by atoms with E-state index in [2.05, 4.69) is 49.0 Å². The van der Waals surface area contributed by atoms with E-state index in [-0.39, 0.29) is 0 Å². The summed E-state index contributed by atoms with van der Waals surface area (Å²) in [6, 6.07) is 8.45. The van der Waals surface area contributed by atoms with E-state index in [1.807, 2.05) is 0 Å². The Kier molecular flexibility index (Phi) is 3.61. The molecule has 2 N–H and O–H groups in total. The minimum Gasteiger partial charge on any atom is -0.322 e. The fourth-order valence-corrected chi connectivity index (χ4v) is 1.01. The summed E-state index contributed by atoms with van der Waals surface area (Å²) in [4.78, 5) is 0. The van der Waals surface area contributed by atoms with Crippen molar-refractivity contribution in [2.75, 3.05) is 12.0 Å². The summed E-state index contributed by atoms with van der Waals surface area (Å²) >= 11 is 0. The summed E-state index contributed by atoms with van der Waals surface area (Å²) < 4.78 is 0. The predicted octanol–water partition coefficient (Wildman–Crippen LogP) is 2.19. The van der Waals surface area contributed by atoms with E-state index in [0.717, 1.165) is 18.7 Å². The van der Waals surface area contributed by atoms with Gasteiger partial charge in [0.1, 0.15) is 0 Å². The SMILES string of the molecule is CCNNc1ccc(CC)cc1. The molecule has 1 aromatic rings. The van der Waals surface area contributed by atoms with Crippen LogP contribution in [0.1, 0.15) is 19.4 Å². The third-order valence-electron chi connectivity index (χ3n) is 1.77. The van der Waals surface area contributed by atoms with Crippen molar-refractivity contribution >= 4 is 5.69 Å². The van der Waals surface area contributed by atoms with E-state index < -0.39 is 0 Å². The first kappa shape index (κ1) is 9.07. The van der Waals surface area contributed by atoms with Gasteiger partial charge in [0.15, 0.2) is 0 Å². The van der Waals surface area contributed by atoms with Crippen LogP contribution >= 0.6 is 0 Å². The number of benzene rings is 1. The van der Waals surface area contributed by atoms with Crippen LogP contribution in [0.25, 0.3) is 0 Å². The molecule has 12 heavy (non-hydrogen) atoms. The van der Waals surface area contributed by atoms with Crippen LogP contribution < -0.4 is 10.9 Å². The van der Waals surface area contributed by atoms with Gasteiger partial charge < -0.3 is 5.43 Å². The zero-order valence-electron chi connectivity index (χ0n) is 7.72. The number of aryl methyl sites for hydroxylation is 1. The molecule has 0 bridgehead atoms. The molecule has 1 aromatic carbocycles. The van der Waals surface area contributed by atoms with Gasteiger partial charge in [-0.25, -0.2) is 5.43 Å². The molecule has 0 radical (unpaired) electrons. The van der Waals surface area contributed by atoms with Gasteiger partial charge in [0, 0.05) is 12.2 Å². The zero-order valence-corrected chi connectivity index (χ0v) is 7.72. The van der Waals surface area contributed by atoms with Crippen LogP contribution in [0.2, 0.25) is 0 Å². The molecule has 2 heteroatoms. The molecule has 0 saturated heterocycles. The molecule has 0 unspecified atom stereocenters. The summed E-state index contributed by atoms with van der Waals surface area (Å²) in [5, 5.41) is 0. The third-order valence-corrected chi connectivity index (χ3v) is 1.77.